The molecule has 7 rings (SSSR count). The number of fused-ring (bicyclic) bond motifs is 3. The SMILES string of the molecule is CCc1c(F)ccc2cc(O)cc(N3CCc4c(nc(OC[C@@]56CCCN5C[C@H](F)C6)nc4N4CCOCC(O)C4)C3)c12. The number of phenolic OH excluding ortho intramolecular Hbond substituents is 1. The molecule has 0 amide bonds. The van der Waals surface area contributed by atoms with Gasteiger partial charge >= 0.3 is 6.01 Å². The van der Waals surface area contributed by atoms with Crippen molar-refractivity contribution in [3.8, 4) is 11.8 Å². The number of halogens is 2. The number of aliphatic hydroxyl groups is 1. The predicted octanol–water partition coefficient (Wildman–Crippen LogP) is 3.75. The second-order valence-electron chi connectivity index (χ2n) is 12.4. The van der Waals surface area contributed by atoms with Crippen molar-refractivity contribution in [2.75, 3.05) is 62.3 Å². The lowest BCUT2D eigenvalue weighted by Gasteiger charge is -2.35. The van der Waals surface area contributed by atoms with Gasteiger partial charge in [-0.3, -0.25) is 4.90 Å². The zero-order valence-corrected chi connectivity index (χ0v) is 24.6. The number of hydrogen-bond acceptors (Lipinski definition) is 9. The lowest BCUT2D eigenvalue weighted by molar-refractivity contribution is 0.0597. The van der Waals surface area contributed by atoms with Gasteiger partial charge in [-0.25, -0.2) is 8.78 Å². The number of anilines is 2. The molecule has 11 heteroatoms. The highest BCUT2D eigenvalue weighted by molar-refractivity contribution is 5.98. The van der Waals surface area contributed by atoms with Crippen LogP contribution in [0.2, 0.25) is 0 Å². The molecule has 0 saturated carbocycles. The number of benzene rings is 2. The number of aromatic hydroxyl groups is 1. The summed E-state index contributed by atoms with van der Waals surface area (Å²) in [4.78, 5) is 16.2. The first-order valence-electron chi connectivity index (χ1n) is 15.4. The van der Waals surface area contributed by atoms with Crippen LogP contribution in [0.5, 0.6) is 11.8 Å². The smallest absolute Gasteiger partial charge is 0.318 e. The van der Waals surface area contributed by atoms with Gasteiger partial charge in [-0.05, 0) is 55.3 Å². The van der Waals surface area contributed by atoms with Crippen LogP contribution in [0.3, 0.4) is 0 Å². The Kier molecular flexibility index (Phi) is 7.51. The molecule has 1 unspecified atom stereocenters. The second-order valence-corrected chi connectivity index (χ2v) is 12.4. The Morgan fingerprint density at radius 2 is 2.02 bits per heavy atom. The fourth-order valence-corrected chi connectivity index (χ4v) is 7.62. The average molecular weight is 596 g/mol. The van der Waals surface area contributed by atoms with Gasteiger partial charge in [0.2, 0.25) is 0 Å². The maximum atomic E-state index is 14.9. The Balaban J connectivity index is 1.26. The van der Waals surface area contributed by atoms with Crippen molar-refractivity contribution in [3.63, 3.8) is 0 Å². The van der Waals surface area contributed by atoms with Crippen molar-refractivity contribution < 1.29 is 28.5 Å². The van der Waals surface area contributed by atoms with Gasteiger partial charge in [-0.15, -0.1) is 0 Å². The number of β-amino-alcohol motifs (C(OH)–C–C–N with tert-alkyl or cyclic N) is 1. The van der Waals surface area contributed by atoms with E-state index in [9.17, 15) is 19.0 Å². The molecule has 0 bridgehead atoms. The van der Waals surface area contributed by atoms with Crippen LogP contribution in [0.1, 0.15) is 43.0 Å². The molecule has 3 atom stereocenters. The number of hydrogen-bond donors (Lipinski definition) is 2. The molecule has 43 heavy (non-hydrogen) atoms. The third kappa shape index (κ3) is 5.25. The number of phenols is 1. The van der Waals surface area contributed by atoms with Gasteiger partial charge in [0, 0.05) is 55.3 Å². The van der Waals surface area contributed by atoms with Crippen molar-refractivity contribution in [2.24, 2.45) is 0 Å². The Morgan fingerprint density at radius 1 is 1.14 bits per heavy atom. The molecule has 2 N–H and O–H groups in total. The van der Waals surface area contributed by atoms with Crippen LogP contribution < -0.4 is 14.5 Å². The highest BCUT2D eigenvalue weighted by Gasteiger charge is 2.49. The molecule has 4 aliphatic heterocycles. The molecule has 2 aromatic carbocycles. The third-order valence-corrected chi connectivity index (χ3v) is 9.63. The van der Waals surface area contributed by atoms with Crippen molar-refractivity contribution in [1.29, 1.82) is 0 Å². The molecule has 3 saturated heterocycles. The lowest BCUT2D eigenvalue weighted by Crippen LogP contribution is -2.43. The Labute approximate surface area is 250 Å². The van der Waals surface area contributed by atoms with Gasteiger partial charge in [0.05, 0.1) is 37.1 Å². The normalized spacial score (nSPS) is 26.0. The molecule has 3 fully saturated rings. The van der Waals surface area contributed by atoms with Crippen molar-refractivity contribution in [1.82, 2.24) is 14.9 Å². The predicted molar refractivity (Wildman–Crippen MR) is 159 cm³/mol. The minimum absolute atomic E-state index is 0.121. The molecular weight excluding hydrogens is 556 g/mol. The molecule has 4 aliphatic rings. The topological polar surface area (TPSA) is 94.4 Å². The molecule has 9 nitrogen and oxygen atoms in total. The van der Waals surface area contributed by atoms with Crippen LogP contribution in [0.15, 0.2) is 24.3 Å². The first kappa shape index (κ1) is 28.5. The zero-order valence-electron chi connectivity index (χ0n) is 24.6. The van der Waals surface area contributed by atoms with E-state index in [4.69, 9.17) is 19.4 Å². The number of rotatable bonds is 6. The van der Waals surface area contributed by atoms with Crippen LogP contribution in [0.25, 0.3) is 10.8 Å². The van der Waals surface area contributed by atoms with Crippen LogP contribution in [-0.2, 0) is 24.1 Å². The highest BCUT2D eigenvalue weighted by Crippen LogP contribution is 2.41. The standard InChI is InChI=1S/C32H39F2N5O4/c1-2-24-26(34)5-4-20-12-22(40)13-28(29(20)24)37-9-6-25-27(17-37)35-31(36-30(25)38-10-11-42-18-23(41)16-38)43-19-32-7-3-8-39(32)15-21(33)14-32/h4-5,12-13,21,23,40-41H,2-3,6-11,14-19H2,1H3/t21-,23?,32+/m1/s1. The molecule has 5 heterocycles. The summed E-state index contributed by atoms with van der Waals surface area (Å²) < 4.78 is 41.3. The minimum Gasteiger partial charge on any atom is -0.508 e. The van der Waals surface area contributed by atoms with E-state index in [0.717, 1.165) is 52.9 Å². The summed E-state index contributed by atoms with van der Waals surface area (Å²) in [5, 5.41) is 22.7. The molecule has 0 spiro atoms. The number of aliphatic hydroxyl groups excluding tert-OH is 1. The molecule has 1 aromatic heterocycles. The van der Waals surface area contributed by atoms with Crippen LogP contribution in [-0.4, -0.2) is 95.4 Å². The van der Waals surface area contributed by atoms with Gasteiger partial charge in [0.1, 0.15) is 30.2 Å². The van der Waals surface area contributed by atoms with E-state index in [-0.39, 0.29) is 29.7 Å². The van der Waals surface area contributed by atoms with Crippen molar-refractivity contribution >= 4 is 22.3 Å². The maximum absolute atomic E-state index is 14.9. The lowest BCUT2D eigenvalue weighted by atomic mass is 9.95. The van der Waals surface area contributed by atoms with E-state index in [1.165, 1.54) is 6.07 Å². The summed E-state index contributed by atoms with van der Waals surface area (Å²) in [6, 6.07) is 6.78. The highest BCUT2D eigenvalue weighted by atomic mass is 19.1. The monoisotopic (exact) mass is 595 g/mol. The molecule has 3 aromatic rings. The summed E-state index contributed by atoms with van der Waals surface area (Å²) in [6.45, 7) is 6.28. The first-order chi connectivity index (χ1) is 20.8. The number of nitrogens with zero attached hydrogens (tertiary/aromatic N) is 5. The van der Waals surface area contributed by atoms with E-state index < -0.39 is 12.3 Å². The summed E-state index contributed by atoms with van der Waals surface area (Å²) >= 11 is 0. The summed E-state index contributed by atoms with van der Waals surface area (Å²) in [5.41, 5.74) is 2.81. The van der Waals surface area contributed by atoms with E-state index in [0.29, 0.717) is 70.8 Å². The molecule has 0 radical (unpaired) electrons. The summed E-state index contributed by atoms with van der Waals surface area (Å²) in [5.74, 6) is 0.584. The molecule has 230 valence electrons. The number of aryl methyl sites for hydroxylation is 1. The Hall–Kier alpha value is -3.28. The van der Waals surface area contributed by atoms with E-state index in [2.05, 4.69) is 9.80 Å². The van der Waals surface area contributed by atoms with Crippen LogP contribution >= 0.6 is 0 Å². The quantitative estimate of drug-likeness (QED) is 0.442. The molecular formula is C32H39F2N5O4. The van der Waals surface area contributed by atoms with E-state index >= 15 is 0 Å². The van der Waals surface area contributed by atoms with Gasteiger partial charge in [-0.2, -0.15) is 9.97 Å². The fraction of sp³-hybridized carbons (Fsp3) is 0.562. The number of ether oxygens (including phenoxy) is 2. The number of alkyl halides is 1. The largest absolute Gasteiger partial charge is 0.508 e. The average Bonchev–Trinajstić information content (AvgIpc) is 3.42. The maximum Gasteiger partial charge on any atom is 0.318 e. The van der Waals surface area contributed by atoms with Crippen molar-refractivity contribution in [3.05, 3.63) is 46.9 Å². The number of aromatic nitrogens is 2. The zero-order chi connectivity index (χ0) is 29.7. The van der Waals surface area contributed by atoms with E-state index in [1.807, 2.05) is 11.8 Å². The minimum atomic E-state index is -0.856. The second kappa shape index (κ2) is 11.3. The Morgan fingerprint density at radius 3 is 2.88 bits per heavy atom. The first-order valence-corrected chi connectivity index (χ1v) is 15.4. The van der Waals surface area contributed by atoms with Gasteiger partial charge in [0.25, 0.3) is 0 Å². The van der Waals surface area contributed by atoms with Crippen LogP contribution in [0, 0.1) is 5.82 Å². The summed E-state index contributed by atoms with van der Waals surface area (Å²) in [7, 11) is 0. The Bertz CT molecular complexity index is 1530. The molecule has 0 aliphatic carbocycles. The van der Waals surface area contributed by atoms with Crippen molar-refractivity contribution in [2.45, 2.75) is 63.4 Å². The van der Waals surface area contributed by atoms with Gasteiger partial charge < -0.3 is 29.5 Å². The summed E-state index contributed by atoms with van der Waals surface area (Å²) in [6.07, 6.45) is 1.99. The van der Waals surface area contributed by atoms with Gasteiger partial charge in [-0.1, -0.05) is 13.0 Å². The van der Waals surface area contributed by atoms with Gasteiger partial charge in [0.15, 0.2) is 0 Å². The van der Waals surface area contributed by atoms with Crippen LogP contribution in [0.4, 0.5) is 20.3 Å². The van der Waals surface area contributed by atoms with E-state index in [1.54, 1.807) is 18.2 Å². The third-order valence-electron chi connectivity index (χ3n) is 9.63. The fourth-order valence-electron chi connectivity index (χ4n) is 7.62.